The Morgan fingerprint density at radius 3 is 2.50 bits per heavy atom. The molecule has 9 heteroatoms. The predicted molar refractivity (Wildman–Crippen MR) is 68.1 cm³/mol. The van der Waals surface area contributed by atoms with Crippen LogP contribution in [-0.2, 0) is 4.79 Å². The minimum atomic E-state index is -4.34. The maximum Gasteiger partial charge on any atom is 0.442 e. The van der Waals surface area contributed by atoms with Crippen LogP contribution in [0, 0.1) is 0 Å². The van der Waals surface area contributed by atoms with Crippen LogP contribution in [0.2, 0.25) is 0 Å². The fraction of sp³-hybridized carbons (Fsp3) is 0.889. The van der Waals surface area contributed by atoms with E-state index in [1.54, 1.807) is 0 Å². The van der Waals surface area contributed by atoms with Gasteiger partial charge in [0, 0.05) is 39.3 Å². The van der Waals surface area contributed by atoms with Crippen molar-refractivity contribution in [1.29, 1.82) is 0 Å². The van der Waals surface area contributed by atoms with E-state index in [9.17, 15) is 18.0 Å². The molecule has 1 amide bonds. The molecule has 0 spiro atoms. The third kappa shape index (κ3) is 8.84. The van der Waals surface area contributed by atoms with Crippen molar-refractivity contribution in [2.75, 3.05) is 45.0 Å². The minimum Gasteiger partial charge on any atom is -0.354 e. The van der Waals surface area contributed by atoms with Crippen molar-refractivity contribution < 1.29 is 18.0 Å². The predicted octanol–water partition coefficient (Wildman–Crippen LogP) is 0.683. The lowest BCUT2D eigenvalue weighted by Crippen LogP contribution is -2.46. The van der Waals surface area contributed by atoms with Crippen molar-refractivity contribution in [2.45, 2.75) is 5.51 Å². The van der Waals surface area contributed by atoms with Gasteiger partial charge in [-0.1, -0.05) is 0 Å². The Morgan fingerprint density at radius 1 is 1.33 bits per heavy atom. The first kappa shape index (κ1) is 17.8. The van der Waals surface area contributed by atoms with E-state index in [1.807, 2.05) is 0 Å². The molecule has 1 rings (SSSR count). The first-order valence-corrected chi connectivity index (χ1v) is 6.36. The van der Waals surface area contributed by atoms with Gasteiger partial charge in [0.05, 0.1) is 5.75 Å². The van der Waals surface area contributed by atoms with Crippen LogP contribution in [0.15, 0.2) is 0 Å². The van der Waals surface area contributed by atoms with Gasteiger partial charge in [-0.05, 0) is 11.8 Å². The van der Waals surface area contributed by atoms with Crippen molar-refractivity contribution >= 4 is 30.1 Å². The highest BCUT2D eigenvalue weighted by Crippen LogP contribution is 2.29. The maximum atomic E-state index is 11.8. The molecule has 18 heavy (non-hydrogen) atoms. The average molecular weight is 308 g/mol. The summed E-state index contributed by atoms with van der Waals surface area (Å²) >= 11 is -0.308. The second-order valence-electron chi connectivity index (χ2n) is 3.68. The molecule has 0 bridgehead atoms. The molecule has 1 saturated heterocycles. The number of nitrogens with zero attached hydrogens (tertiary/aromatic N) is 1. The Morgan fingerprint density at radius 2 is 1.94 bits per heavy atom. The topological polar surface area (TPSA) is 44.4 Å². The van der Waals surface area contributed by atoms with Crippen LogP contribution >= 0.6 is 24.2 Å². The highest BCUT2D eigenvalue weighted by Gasteiger charge is 2.29. The summed E-state index contributed by atoms with van der Waals surface area (Å²) in [5, 5.41) is 5.67. The van der Waals surface area contributed by atoms with Crippen molar-refractivity contribution in [3.63, 3.8) is 0 Å². The molecule has 0 aliphatic carbocycles. The normalized spacial score (nSPS) is 17.1. The Bertz CT molecular complexity index is 250. The Kier molecular flexibility index (Phi) is 8.75. The summed E-state index contributed by atoms with van der Waals surface area (Å²) in [7, 11) is 0. The first-order valence-electron chi connectivity index (χ1n) is 5.38. The molecular formula is C9H17ClF3N3OS. The molecule has 108 valence electrons. The second kappa shape index (κ2) is 8.84. The van der Waals surface area contributed by atoms with Crippen LogP contribution < -0.4 is 10.6 Å². The molecule has 1 fully saturated rings. The molecule has 0 saturated carbocycles. The van der Waals surface area contributed by atoms with Crippen LogP contribution in [-0.4, -0.2) is 61.3 Å². The van der Waals surface area contributed by atoms with Gasteiger partial charge in [0.25, 0.3) is 0 Å². The number of rotatable bonds is 5. The average Bonchev–Trinajstić information content (AvgIpc) is 2.27. The zero-order valence-corrected chi connectivity index (χ0v) is 11.4. The maximum absolute atomic E-state index is 11.8. The number of hydrogen-bond acceptors (Lipinski definition) is 4. The SMILES string of the molecule is Cl.O=C(CSC(F)(F)F)NCCN1CCNCC1. The van der Waals surface area contributed by atoms with Gasteiger partial charge in [-0.15, -0.1) is 12.4 Å². The smallest absolute Gasteiger partial charge is 0.354 e. The van der Waals surface area contributed by atoms with E-state index in [1.165, 1.54) is 0 Å². The van der Waals surface area contributed by atoms with Gasteiger partial charge in [0.15, 0.2) is 0 Å². The molecule has 1 heterocycles. The summed E-state index contributed by atoms with van der Waals surface area (Å²) in [5.74, 6) is -1.13. The van der Waals surface area contributed by atoms with Crippen LogP contribution in [0.3, 0.4) is 0 Å². The van der Waals surface area contributed by atoms with E-state index >= 15 is 0 Å². The van der Waals surface area contributed by atoms with Crippen LogP contribution in [0.5, 0.6) is 0 Å². The molecule has 2 N–H and O–H groups in total. The van der Waals surface area contributed by atoms with Crippen molar-refractivity contribution in [2.24, 2.45) is 0 Å². The molecule has 1 aliphatic heterocycles. The van der Waals surface area contributed by atoms with Gasteiger partial charge >= 0.3 is 5.51 Å². The van der Waals surface area contributed by atoms with Gasteiger partial charge < -0.3 is 10.6 Å². The Labute approximate surface area is 114 Å². The van der Waals surface area contributed by atoms with Gasteiger partial charge in [-0.25, -0.2) is 0 Å². The van der Waals surface area contributed by atoms with Crippen LogP contribution in [0.25, 0.3) is 0 Å². The van der Waals surface area contributed by atoms with Crippen LogP contribution in [0.1, 0.15) is 0 Å². The summed E-state index contributed by atoms with van der Waals surface area (Å²) in [4.78, 5) is 13.2. The third-order valence-corrected chi connectivity index (χ3v) is 3.06. The number of nitrogens with one attached hydrogen (secondary N) is 2. The molecule has 0 aromatic heterocycles. The zero-order chi connectivity index (χ0) is 12.7. The number of carbonyl (C=O) groups excluding carboxylic acids is 1. The van der Waals surface area contributed by atoms with E-state index in [2.05, 4.69) is 15.5 Å². The van der Waals surface area contributed by atoms with Crippen molar-refractivity contribution in [1.82, 2.24) is 15.5 Å². The molecule has 0 aromatic rings. The molecule has 1 aliphatic rings. The summed E-state index contributed by atoms with van der Waals surface area (Å²) in [6.07, 6.45) is 0. The number of amides is 1. The lowest BCUT2D eigenvalue weighted by Gasteiger charge is -2.27. The number of alkyl halides is 3. The van der Waals surface area contributed by atoms with Gasteiger partial charge in [0.1, 0.15) is 0 Å². The molecule has 0 atom stereocenters. The number of halogens is 4. The van der Waals surface area contributed by atoms with E-state index in [0.29, 0.717) is 13.1 Å². The number of hydrogen-bond donors (Lipinski definition) is 2. The van der Waals surface area contributed by atoms with Crippen molar-refractivity contribution in [3.8, 4) is 0 Å². The molecular weight excluding hydrogens is 291 g/mol. The van der Waals surface area contributed by atoms with E-state index < -0.39 is 17.2 Å². The molecule has 0 radical (unpaired) electrons. The molecule has 4 nitrogen and oxygen atoms in total. The number of carbonyl (C=O) groups is 1. The third-order valence-electron chi connectivity index (χ3n) is 2.33. The first-order chi connectivity index (χ1) is 7.97. The monoisotopic (exact) mass is 307 g/mol. The quantitative estimate of drug-likeness (QED) is 0.784. The fourth-order valence-electron chi connectivity index (χ4n) is 1.49. The Balaban J connectivity index is 0.00000289. The van der Waals surface area contributed by atoms with E-state index in [-0.39, 0.29) is 24.2 Å². The second-order valence-corrected chi connectivity index (χ2v) is 4.72. The van der Waals surface area contributed by atoms with Gasteiger partial charge in [0.2, 0.25) is 5.91 Å². The number of thioether (sulfide) groups is 1. The highest BCUT2D eigenvalue weighted by atomic mass is 35.5. The summed E-state index contributed by atoms with van der Waals surface area (Å²) in [6.45, 7) is 4.73. The largest absolute Gasteiger partial charge is 0.442 e. The Hall–Kier alpha value is -0.180. The van der Waals surface area contributed by atoms with E-state index in [0.717, 1.165) is 26.2 Å². The van der Waals surface area contributed by atoms with Gasteiger partial charge in [-0.3, -0.25) is 9.69 Å². The summed E-state index contributed by atoms with van der Waals surface area (Å²) in [6, 6.07) is 0. The van der Waals surface area contributed by atoms with Crippen LogP contribution in [0.4, 0.5) is 13.2 Å². The zero-order valence-electron chi connectivity index (χ0n) is 9.76. The summed E-state index contributed by atoms with van der Waals surface area (Å²) < 4.78 is 35.4. The minimum absolute atomic E-state index is 0. The highest BCUT2D eigenvalue weighted by molar-refractivity contribution is 8.00. The lowest BCUT2D eigenvalue weighted by atomic mass is 10.3. The molecule has 0 unspecified atom stereocenters. The molecule has 0 aromatic carbocycles. The standard InChI is InChI=1S/C9H16F3N3OS.ClH/c10-9(11,12)17-7-8(16)14-3-6-15-4-1-13-2-5-15;/h13H,1-7H2,(H,14,16);1H. The fourth-order valence-corrected chi connectivity index (χ4v) is 1.88. The number of piperazine rings is 1. The summed E-state index contributed by atoms with van der Waals surface area (Å²) in [5.41, 5.74) is -4.34. The van der Waals surface area contributed by atoms with E-state index in [4.69, 9.17) is 0 Å². The van der Waals surface area contributed by atoms with Crippen molar-refractivity contribution in [3.05, 3.63) is 0 Å². The lowest BCUT2D eigenvalue weighted by molar-refractivity contribution is -0.118. The van der Waals surface area contributed by atoms with Gasteiger partial charge in [-0.2, -0.15) is 13.2 Å².